The second kappa shape index (κ2) is 14.9. The minimum atomic E-state index is -0.0794. The van der Waals surface area contributed by atoms with Gasteiger partial charge in [-0.05, 0) is 197 Å². The third-order valence-electron chi connectivity index (χ3n) is 19.8. The lowest BCUT2D eigenvalue weighted by Crippen LogP contribution is -2.51. The van der Waals surface area contributed by atoms with Crippen LogP contribution in [0.1, 0.15) is 184 Å². The molecule has 0 spiro atoms. The van der Waals surface area contributed by atoms with E-state index < -0.39 is 0 Å². The normalized spacial score (nSPS) is 46.9. The van der Waals surface area contributed by atoms with Gasteiger partial charge in [-0.3, -0.25) is 9.59 Å². The molecule has 8 rings (SSSR count). The highest BCUT2D eigenvalue weighted by molar-refractivity contribution is 5.91. The van der Waals surface area contributed by atoms with Crippen molar-refractivity contribution in [1.29, 1.82) is 0 Å². The molecule has 0 aliphatic heterocycles. The van der Waals surface area contributed by atoms with Gasteiger partial charge in [-0.25, -0.2) is 0 Å². The number of aliphatic hydroxyl groups is 1. The van der Waals surface area contributed by atoms with Crippen LogP contribution in [-0.4, -0.2) is 22.8 Å². The highest BCUT2D eigenvalue weighted by Crippen LogP contribution is 2.68. The van der Waals surface area contributed by atoms with Gasteiger partial charge in [0.2, 0.25) is 0 Å². The topological polar surface area (TPSA) is 54.4 Å². The molecule has 298 valence electrons. The molecule has 0 amide bonds. The number of allylic oxidation sites excluding steroid dienone is 2. The molecule has 3 heteroatoms. The van der Waals surface area contributed by atoms with Crippen LogP contribution < -0.4 is 0 Å². The van der Waals surface area contributed by atoms with Gasteiger partial charge in [0, 0.05) is 12.3 Å². The lowest BCUT2D eigenvalue weighted by Gasteiger charge is -2.58. The van der Waals surface area contributed by atoms with Crippen molar-refractivity contribution in [2.24, 2.45) is 86.8 Å². The van der Waals surface area contributed by atoms with Crippen molar-refractivity contribution < 1.29 is 14.7 Å². The summed E-state index contributed by atoms with van der Waals surface area (Å²) in [6.45, 7) is 21.7. The average Bonchev–Trinajstić information content (AvgIpc) is 3.66. The minimum absolute atomic E-state index is 0.0794. The summed E-state index contributed by atoms with van der Waals surface area (Å²) in [5.74, 6) is 9.60. The molecule has 0 radical (unpaired) electrons. The zero-order valence-corrected chi connectivity index (χ0v) is 35.8. The van der Waals surface area contributed by atoms with Crippen LogP contribution in [0, 0.1) is 86.8 Å². The Hall–Kier alpha value is -1.22. The molecule has 8 aliphatic rings. The molecule has 0 aromatic heterocycles. The van der Waals surface area contributed by atoms with E-state index in [1.54, 1.807) is 12.5 Å². The lowest BCUT2D eigenvalue weighted by molar-refractivity contribution is -0.128. The van der Waals surface area contributed by atoms with Crippen LogP contribution in [-0.2, 0) is 9.59 Å². The second-order valence-electron chi connectivity index (χ2n) is 22.1. The van der Waals surface area contributed by atoms with Crippen molar-refractivity contribution in [2.45, 2.75) is 190 Å². The molecule has 8 aliphatic carbocycles. The fourth-order valence-corrected chi connectivity index (χ4v) is 16.5. The summed E-state index contributed by atoms with van der Waals surface area (Å²) in [6.07, 6.45) is 28.0. The molecular weight excluding hydrogens is 649 g/mol. The quantitative estimate of drug-likeness (QED) is 0.266. The number of carbonyl (C=O) groups is 2. The van der Waals surface area contributed by atoms with Gasteiger partial charge in [0.25, 0.3) is 0 Å². The summed E-state index contributed by atoms with van der Waals surface area (Å²) < 4.78 is 0. The summed E-state index contributed by atoms with van der Waals surface area (Å²) in [7, 11) is 0. The Labute approximate surface area is 325 Å². The van der Waals surface area contributed by atoms with Gasteiger partial charge in [0.05, 0.1) is 6.10 Å². The van der Waals surface area contributed by atoms with Crippen LogP contribution in [0.4, 0.5) is 0 Å². The Bertz CT molecular complexity index is 1440. The van der Waals surface area contributed by atoms with Gasteiger partial charge in [0.1, 0.15) is 5.78 Å². The minimum Gasteiger partial charge on any atom is -0.393 e. The number of Topliss-reactive ketones (excluding diaryl/α,β-unsaturated/α-hetero) is 1. The van der Waals surface area contributed by atoms with Crippen molar-refractivity contribution in [1.82, 2.24) is 0 Å². The van der Waals surface area contributed by atoms with E-state index in [2.05, 4.69) is 61.5 Å². The smallest absolute Gasteiger partial charge is 0.155 e. The largest absolute Gasteiger partial charge is 0.393 e. The number of ketones is 2. The SMILES string of the molecule is CC(=O)[C@H]1CC[C@H]2[C@@H]3CCC4=CC(=O)CC[C@]4(C)[C@H]3CC[C@]12C.CC[C@H](CC[C@@H](C)[C@H]1CC[C@H]2[C@@H]3CC=C4C[C@@H](O)CC[C@]4(C)[C@H]3CC[C@]12C)C(C)C. The molecule has 0 saturated heterocycles. The van der Waals surface area contributed by atoms with E-state index in [1.807, 2.05) is 6.08 Å². The van der Waals surface area contributed by atoms with Crippen LogP contribution in [0.3, 0.4) is 0 Å². The summed E-state index contributed by atoms with van der Waals surface area (Å²) >= 11 is 0. The molecule has 3 nitrogen and oxygen atoms in total. The second-order valence-corrected chi connectivity index (χ2v) is 22.1. The average molecular weight is 729 g/mol. The van der Waals surface area contributed by atoms with Crippen molar-refractivity contribution in [3.05, 3.63) is 23.3 Å². The maximum atomic E-state index is 12.1. The Balaban J connectivity index is 0.000000170. The monoisotopic (exact) mass is 729 g/mol. The molecule has 6 saturated carbocycles. The van der Waals surface area contributed by atoms with Gasteiger partial charge in [-0.15, -0.1) is 0 Å². The summed E-state index contributed by atoms with van der Waals surface area (Å²) in [4.78, 5) is 24.0. The van der Waals surface area contributed by atoms with Crippen molar-refractivity contribution in [3.8, 4) is 0 Å². The molecule has 0 unspecified atom stereocenters. The number of carbonyl (C=O) groups excluding carboxylic acids is 2. The molecule has 6 fully saturated rings. The van der Waals surface area contributed by atoms with Gasteiger partial charge >= 0.3 is 0 Å². The van der Waals surface area contributed by atoms with Gasteiger partial charge in [0.15, 0.2) is 5.78 Å². The summed E-state index contributed by atoms with van der Waals surface area (Å²) in [6, 6.07) is 0. The molecule has 0 bridgehead atoms. The first-order valence-corrected chi connectivity index (χ1v) is 23.2. The van der Waals surface area contributed by atoms with Crippen molar-refractivity contribution in [3.63, 3.8) is 0 Å². The fraction of sp³-hybridized carbons (Fsp3) is 0.880. The molecule has 0 aromatic carbocycles. The van der Waals surface area contributed by atoms with Crippen molar-refractivity contribution in [2.75, 3.05) is 0 Å². The third-order valence-corrected chi connectivity index (χ3v) is 19.8. The van der Waals surface area contributed by atoms with Crippen LogP contribution >= 0.6 is 0 Å². The zero-order valence-electron chi connectivity index (χ0n) is 35.8. The number of aliphatic hydroxyl groups excluding tert-OH is 1. The highest BCUT2D eigenvalue weighted by atomic mass is 16.3. The maximum Gasteiger partial charge on any atom is 0.155 e. The number of fused-ring (bicyclic) bond motifs is 10. The van der Waals surface area contributed by atoms with Gasteiger partial charge in [-0.2, -0.15) is 0 Å². The molecule has 0 aromatic rings. The van der Waals surface area contributed by atoms with E-state index in [4.69, 9.17) is 0 Å². The predicted molar refractivity (Wildman–Crippen MR) is 219 cm³/mol. The zero-order chi connectivity index (χ0) is 38.1. The van der Waals surface area contributed by atoms with E-state index in [-0.39, 0.29) is 16.9 Å². The first-order valence-electron chi connectivity index (χ1n) is 23.2. The predicted octanol–water partition coefficient (Wildman–Crippen LogP) is 12.7. The van der Waals surface area contributed by atoms with Crippen molar-refractivity contribution >= 4 is 11.6 Å². The Morgan fingerprint density at radius 1 is 0.755 bits per heavy atom. The van der Waals surface area contributed by atoms with E-state index >= 15 is 0 Å². The van der Waals surface area contributed by atoms with E-state index in [9.17, 15) is 14.7 Å². The van der Waals surface area contributed by atoms with Gasteiger partial charge in [-0.1, -0.05) is 85.5 Å². The van der Waals surface area contributed by atoms with Crippen LogP contribution in [0.5, 0.6) is 0 Å². The number of hydrogen-bond donors (Lipinski definition) is 1. The Morgan fingerprint density at radius 2 is 1.42 bits per heavy atom. The third kappa shape index (κ3) is 6.75. The highest BCUT2D eigenvalue weighted by Gasteiger charge is 2.61. The molecule has 53 heavy (non-hydrogen) atoms. The first kappa shape index (κ1) is 40.0. The van der Waals surface area contributed by atoms with E-state index in [0.29, 0.717) is 28.3 Å². The van der Waals surface area contributed by atoms with Crippen LogP contribution in [0.15, 0.2) is 23.3 Å². The lowest BCUT2D eigenvalue weighted by atomic mass is 9.47. The van der Waals surface area contributed by atoms with Crippen LogP contribution in [0.2, 0.25) is 0 Å². The summed E-state index contributed by atoms with van der Waals surface area (Å²) in [5.41, 5.74) is 4.53. The maximum absolute atomic E-state index is 12.1. The molecule has 0 heterocycles. The summed E-state index contributed by atoms with van der Waals surface area (Å²) in [5, 5.41) is 10.2. The van der Waals surface area contributed by atoms with E-state index in [1.165, 1.54) is 89.0 Å². The van der Waals surface area contributed by atoms with Gasteiger partial charge < -0.3 is 5.11 Å². The number of rotatable bonds is 7. The molecule has 15 atom stereocenters. The first-order chi connectivity index (χ1) is 25.1. The fourth-order valence-electron chi connectivity index (χ4n) is 16.5. The molecule has 1 N–H and O–H groups in total. The molecular formula is C50H80O3. The Morgan fingerprint density at radius 3 is 2.11 bits per heavy atom. The Kier molecular flexibility index (Phi) is 11.3. The van der Waals surface area contributed by atoms with E-state index in [0.717, 1.165) is 97.7 Å². The number of hydrogen-bond acceptors (Lipinski definition) is 3. The standard InChI is InChI=1S/C29H50O.C21H30O2/c1-7-21(19(2)3)9-8-20(4)25-12-13-26-24-11-10-22-18-23(30)14-16-28(22,5)27(24)15-17-29(25,26)6;1-13(22)17-6-7-18-16-5-4-14-12-15(23)8-10-20(14,2)19(16)9-11-21(17,18)3/h10,19-21,23-27,30H,7-9,11-18H2,1-6H3;12,16-19H,4-11H2,1-3H3/t20-,21-,23+,24+,25-,26+,27+,28+,29-;16-,17+,18-,19-,20-,21+/m10/s1. The van der Waals surface area contributed by atoms with Crippen LogP contribution in [0.25, 0.3) is 0 Å².